The number of methoxy groups -OCH3 is 1. The van der Waals surface area contributed by atoms with E-state index in [-0.39, 0.29) is 0 Å². The molecule has 1 N–H and O–H groups in total. The van der Waals surface area contributed by atoms with Gasteiger partial charge < -0.3 is 14.8 Å². The van der Waals surface area contributed by atoms with Crippen LogP contribution >= 0.6 is 11.3 Å². The lowest BCUT2D eigenvalue weighted by Crippen LogP contribution is -2.18. The van der Waals surface area contributed by atoms with E-state index in [9.17, 15) is 0 Å². The van der Waals surface area contributed by atoms with Gasteiger partial charge in [0.05, 0.1) is 19.0 Å². The molecule has 8 heteroatoms. The third-order valence-corrected chi connectivity index (χ3v) is 3.15. The molecule has 104 valence electrons. The number of ether oxygens (including phenoxy) is 2. The smallest absolute Gasteiger partial charge is 0.299 e. The molecule has 0 atom stereocenters. The lowest BCUT2D eigenvalue weighted by Gasteiger charge is -1.99. The van der Waals surface area contributed by atoms with Crippen molar-refractivity contribution in [2.24, 2.45) is 0 Å². The summed E-state index contributed by atoms with van der Waals surface area (Å²) >= 11 is 1.42. The summed E-state index contributed by atoms with van der Waals surface area (Å²) in [7, 11) is 1.68. The highest BCUT2D eigenvalue weighted by molar-refractivity contribution is 7.13. The van der Waals surface area contributed by atoms with Crippen LogP contribution in [-0.2, 0) is 17.8 Å². The quantitative estimate of drug-likeness (QED) is 0.736. The second-order valence-electron chi connectivity index (χ2n) is 3.77. The van der Waals surface area contributed by atoms with E-state index < -0.39 is 0 Å². The van der Waals surface area contributed by atoms with Crippen LogP contribution in [0.3, 0.4) is 0 Å². The molecule has 0 unspecified atom stereocenters. The fraction of sp³-hybridized carbons (Fsp3) is 0.545. The molecule has 0 aliphatic carbocycles. The Bertz CT molecular complexity index is 499. The Kier molecular flexibility index (Phi) is 5.25. The number of aromatic nitrogens is 4. The van der Waals surface area contributed by atoms with Crippen LogP contribution in [0.1, 0.15) is 11.9 Å². The van der Waals surface area contributed by atoms with Crippen LogP contribution in [0.25, 0.3) is 0 Å². The van der Waals surface area contributed by atoms with Gasteiger partial charge in [0.25, 0.3) is 5.19 Å². The maximum Gasteiger partial charge on any atom is 0.299 e. The normalized spacial score (nSPS) is 10.8. The molecule has 0 saturated heterocycles. The fourth-order valence-electron chi connectivity index (χ4n) is 1.39. The summed E-state index contributed by atoms with van der Waals surface area (Å²) in [5.41, 5.74) is 0. The third kappa shape index (κ3) is 4.27. The van der Waals surface area contributed by atoms with Crippen LogP contribution in [0.15, 0.2) is 12.4 Å². The van der Waals surface area contributed by atoms with Crippen LogP contribution in [-0.4, -0.2) is 40.2 Å². The molecule has 0 fully saturated rings. The van der Waals surface area contributed by atoms with Crippen molar-refractivity contribution in [3.05, 3.63) is 17.4 Å². The Morgan fingerprint density at radius 2 is 2.32 bits per heavy atom. The molecule has 2 rings (SSSR count). The van der Waals surface area contributed by atoms with Gasteiger partial charge in [-0.15, -0.1) is 5.10 Å². The molecule has 0 aliphatic heterocycles. The topological polar surface area (TPSA) is 74.1 Å². The summed E-state index contributed by atoms with van der Waals surface area (Å²) in [5, 5.41) is 16.8. The van der Waals surface area contributed by atoms with Crippen molar-refractivity contribution < 1.29 is 9.47 Å². The van der Waals surface area contributed by atoms with Gasteiger partial charge in [-0.3, -0.25) is 4.68 Å². The molecule has 0 radical (unpaired) electrons. The van der Waals surface area contributed by atoms with Gasteiger partial charge in [-0.05, 0) is 6.92 Å². The van der Waals surface area contributed by atoms with Gasteiger partial charge in [-0.1, -0.05) is 16.4 Å². The van der Waals surface area contributed by atoms with Crippen molar-refractivity contribution in [3.63, 3.8) is 0 Å². The Morgan fingerprint density at radius 3 is 3.05 bits per heavy atom. The average molecular weight is 283 g/mol. The van der Waals surface area contributed by atoms with Crippen LogP contribution in [0.5, 0.6) is 10.9 Å². The largest absolute Gasteiger partial charge is 0.426 e. The molecule has 0 aromatic carbocycles. The van der Waals surface area contributed by atoms with Gasteiger partial charge >= 0.3 is 0 Å². The first kappa shape index (κ1) is 13.9. The highest BCUT2D eigenvalue weighted by Crippen LogP contribution is 2.24. The second kappa shape index (κ2) is 7.17. The van der Waals surface area contributed by atoms with Crippen molar-refractivity contribution in [1.82, 2.24) is 25.3 Å². The van der Waals surface area contributed by atoms with E-state index in [1.54, 1.807) is 18.0 Å². The molecule has 0 saturated carbocycles. The predicted octanol–water partition coefficient (Wildman–Crippen LogP) is 1.28. The molecular formula is C11H17N5O2S. The highest BCUT2D eigenvalue weighted by atomic mass is 32.1. The summed E-state index contributed by atoms with van der Waals surface area (Å²) in [4.78, 5) is 0. The minimum absolute atomic E-state index is 0.527. The number of hydrogen-bond donors (Lipinski definition) is 1. The SMILES string of the molecule is CCn1cc(Oc2nnc(CNCCOC)s2)cn1. The first-order valence-corrected chi connectivity index (χ1v) is 6.85. The van der Waals surface area contributed by atoms with Gasteiger partial charge in [0.15, 0.2) is 5.75 Å². The van der Waals surface area contributed by atoms with Crippen LogP contribution in [0.2, 0.25) is 0 Å². The van der Waals surface area contributed by atoms with Gasteiger partial charge in [-0.25, -0.2) is 0 Å². The van der Waals surface area contributed by atoms with E-state index >= 15 is 0 Å². The average Bonchev–Trinajstić information content (AvgIpc) is 3.05. The van der Waals surface area contributed by atoms with E-state index in [1.165, 1.54) is 11.3 Å². The molecule has 0 amide bonds. The number of rotatable bonds is 8. The summed E-state index contributed by atoms with van der Waals surface area (Å²) in [6, 6.07) is 0. The standard InChI is InChI=1S/C11H17N5O2S/c1-3-16-8-9(6-13-16)18-11-15-14-10(19-11)7-12-4-5-17-2/h6,8,12H,3-5,7H2,1-2H3. The predicted molar refractivity (Wildman–Crippen MR) is 71.5 cm³/mol. The summed E-state index contributed by atoms with van der Waals surface area (Å²) in [6.45, 7) is 4.96. The molecule has 0 bridgehead atoms. The number of aryl methyl sites for hydroxylation is 1. The van der Waals surface area contributed by atoms with Crippen molar-refractivity contribution in [3.8, 4) is 10.9 Å². The Morgan fingerprint density at radius 1 is 1.42 bits per heavy atom. The van der Waals surface area contributed by atoms with Gasteiger partial charge in [0.1, 0.15) is 5.01 Å². The van der Waals surface area contributed by atoms with Gasteiger partial charge in [0.2, 0.25) is 0 Å². The van der Waals surface area contributed by atoms with Gasteiger partial charge in [-0.2, -0.15) is 5.10 Å². The lowest BCUT2D eigenvalue weighted by molar-refractivity contribution is 0.199. The molecule has 2 aromatic heterocycles. The maximum absolute atomic E-state index is 5.58. The van der Waals surface area contributed by atoms with Crippen LogP contribution in [0, 0.1) is 0 Å². The maximum atomic E-state index is 5.58. The zero-order valence-corrected chi connectivity index (χ0v) is 11.8. The summed E-state index contributed by atoms with van der Waals surface area (Å²) in [6.07, 6.45) is 3.50. The number of hydrogen-bond acceptors (Lipinski definition) is 7. The molecule has 7 nitrogen and oxygen atoms in total. The number of nitrogens with one attached hydrogen (secondary N) is 1. The first-order valence-electron chi connectivity index (χ1n) is 6.04. The lowest BCUT2D eigenvalue weighted by atomic mass is 10.6. The Hall–Kier alpha value is -1.51. The Balaban J connectivity index is 1.83. The van der Waals surface area contributed by atoms with Crippen LogP contribution < -0.4 is 10.1 Å². The van der Waals surface area contributed by atoms with Crippen molar-refractivity contribution in [2.75, 3.05) is 20.3 Å². The summed E-state index contributed by atoms with van der Waals surface area (Å²) in [5.74, 6) is 0.678. The van der Waals surface area contributed by atoms with Crippen LogP contribution in [0.4, 0.5) is 0 Å². The zero-order valence-electron chi connectivity index (χ0n) is 11.0. The molecular weight excluding hydrogens is 266 g/mol. The molecule has 0 spiro atoms. The summed E-state index contributed by atoms with van der Waals surface area (Å²) < 4.78 is 12.3. The zero-order chi connectivity index (χ0) is 13.5. The van der Waals surface area contributed by atoms with E-state index in [4.69, 9.17) is 9.47 Å². The van der Waals surface area contributed by atoms with Crippen molar-refractivity contribution >= 4 is 11.3 Å². The van der Waals surface area contributed by atoms with Crippen molar-refractivity contribution in [1.29, 1.82) is 0 Å². The second-order valence-corrected chi connectivity index (χ2v) is 4.79. The van der Waals surface area contributed by atoms with E-state index in [0.717, 1.165) is 18.1 Å². The highest BCUT2D eigenvalue weighted by Gasteiger charge is 2.07. The van der Waals surface area contributed by atoms with Crippen molar-refractivity contribution in [2.45, 2.75) is 20.0 Å². The fourth-order valence-corrected chi connectivity index (χ4v) is 2.07. The van der Waals surface area contributed by atoms with E-state index in [2.05, 4.69) is 20.6 Å². The van der Waals surface area contributed by atoms with Gasteiger partial charge in [0, 0.05) is 26.7 Å². The monoisotopic (exact) mass is 283 g/mol. The molecule has 2 aromatic rings. The minimum atomic E-state index is 0.527. The molecule has 19 heavy (non-hydrogen) atoms. The first-order chi connectivity index (χ1) is 9.31. The molecule has 2 heterocycles. The molecule has 0 aliphatic rings. The third-order valence-electron chi connectivity index (χ3n) is 2.35. The van der Waals surface area contributed by atoms with E-state index in [0.29, 0.717) is 24.1 Å². The minimum Gasteiger partial charge on any atom is -0.426 e. The van der Waals surface area contributed by atoms with E-state index in [1.807, 2.05) is 13.1 Å². The number of nitrogens with zero attached hydrogens (tertiary/aromatic N) is 4. The Labute approximate surface area is 115 Å².